The van der Waals surface area contributed by atoms with Gasteiger partial charge in [0.25, 0.3) is 0 Å². The lowest BCUT2D eigenvalue weighted by Gasteiger charge is -2.23. The molecule has 6 nitrogen and oxygen atoms in total. The van der Waals surface area contributed by atoms with Crippen molar-refractivity contribution in [2.45, 2.75) is 13.8 Å². The van der Waals surface area contributed by atoms with Crippen molar-refractivity contribution in [1.29, 1.82) is 0 Å². The maximum Gasteiger partial charge on any atom is 0.332 e. The fraction of sp³-hybridized carbons (Fsp3) is 0.222. The van der Waals surface area contributed by atoms with Gasteiger partial charge in [-0.1, -0.05) is 13.8 Å². The van der Waals surface area contributed by atoms with Crippen LogP contribution in [0, 0.1) is 15.3 Å². The number of anilines is 1. The molecule has 8 heteroatoms. The van der Waals surface area contributed by atoms with E-state index in [1.165, 1.54) is 6.07 Å². The number of pyridine rings is 1. The number of aromatic nitrogens is 1. The molecule has 3 aromatic rings. The van der Waals surface area contributed by atoms with Crippen LogP contribution in [0.5, 0.6) is 0 Å². The van der Waals surface area contributed by atoms with E-state index in [4.69, 9.17) is 9.25 Å². The van der Waals surface area contributed by atoms with Crippen LogP contribution in [-0.4, -0.2) is 22.7 Å². The minimum absolute atomic E-state index is 0.0650. The lowest BCUT2D eigenvalue weighted by Crippen LogP contribution is -2.37. The minimum atomic E-state index is -0.570. The SMILES string of the molecule is CC(C)CON(Nc1ccc(I)cc1F)C(=O)c1cc2cnccc2o1. The molecule has 0 bridgehead atoms. The Balaban J connectivity index is 1.87. The Kier molecular flexibility index (Phi) is 5.72. The van der Waals surface area contributed by atoms with Gasteiger partial charge in [-0.2, -0.15) is 0 Å². The Bertz CT molecular complexity index is 896. The van der Waals surface area contributed by atoms with E-state index >= 15 is 0 Å². The topological polar surface area (TPSA) is 67.6 Å². The van der Waals surface area contributed by atoms with Gasteiger partial charge in [0.1, 0.15) is 11.4 Å². The number of nitrogens with one attached hydrogen (secondary N) is 1. The van der Waals surface area contributed by atoms with Crippen LogP contribution in [0.1, 0.15) is 24.4 Å². The van der Waals surface area contributed by atoms with Crippen LogP contribution < -0.4 is 5.43 Å². The molecule has 0 atom stereocenters. The molecule has 3 rings (SSSR count). The minimum Gasteiger partial charge on any atom is -0.451 e. The number of nitrogens with zero attached hydrogens (tertiary/aromatic N) is 2. The van der Waals surface area contributed by atoms with E-state index in [1.807, 2.05) is 36.4 Å². The van der Waals surface area contributed by atoms with E-state index in [2.05, 4.69) is 10.4 Å². The third-order valence-electron chi connectivity index (χ3n) is 3.40. The first kappa shape index (κ1) is 18.6. The van der Waals surface area contributed by atoms with Gasteiger partial charge in [-0.15, -0.1) is 5.17 Å². The third kappa shape index (κ3) is 4.31. The Labute approximate surface area is 163 Å². The highest BCUT2D eigenvalue weighted by Crippen LogP contribution is 2.22. The van der Waals surface area contributed by atoms with Gasteiger partial charge in [0.2, 0.25) is 0 Å². The Morgan fingerprint density at radius 3 is 2.88 bits per heavy atom. The average molecular weight is 469 g/mol. The van der Waals surface area contributed by atoms with Crippen LogP contribution in [0.4, 0.5) is 10.1 Å². The molecule has 0 aliphatic rings. The molecule has 0 radical (unpaired) electrons. The van der Waals surface area contributed by atoms with Crippen LogP contribution in [-0.2, 0) is 4.84 Å². The number of carbonyl (C=O) groups excluding carboxylic acids is 1. The largest absolute Gasteiger partial charge is 0.451 e. The van der Waals surface area contributed by atoms with Crippen molar-refractivity contribution >= 4 is 45.2 Å². The molecule has 0 fully saturated rings. The number of furan rings is 1. The molecule has 136 valence electrons. The normalized spacial score (nSPS) is 11.1. The highest BCUT2D eigenvalue weighted by molar-refractivity contribution is 14.1. The van der Waals surface area contributed by atoms with E-state index in [0.29, 0.717) is 11.0 Å². The van der Waals surface area contributed by atoms with Crippen molar-refractivity contribution in [2.24, 2.45) is 5.92 Å². The molecular formula is C18H17FIN3O3. The van der Waals surface area contributed by atoms with Crippen molar-refractivity contribution in [3.63, 3.8) is 0 Å². The summed E-state index contributed by atoms with van der Waals surface area (Å²) in [6.07, 6.45) is 3.17. The maximum atomic E-state index is 14.2. The van der Waals surface area contributed by atoms with Gasteiger partial charge in [-0.25, -0.2) is 4.39 Å². The second-order valence-electron chi connectivity index (χ2n) is 6.05. The van der Waals surface area contributed by atoms with Crippen molar-refractivity contribution in [3.8, 4) is 0 Å². The fourth-order valence-corrected chi connectivity index (χ4v) is 2.60. The third-order valence-corrected chi connectivity index (χ3v) is 4.07. The van der Waals surface area contributed by atoms with Gasteiger partial charge in [0, 0.05) is 21.4 Å². The molecule has 0 saturated carbocycles. The van der Waals surface area contributed by atoms with Crippen LogP contribution >= 0.6 is 22.6 Å². The first-order chi connectivity index (χ1) is 12.4. The summed E-state index contributed by atoms with van der Waals surface area (Å²) in [7, 11) is 0. The molecule has 2 aromatic heterocycles. The smallest absolute Gasteiger partial charge is 0.332 e. The molecule has 1 aromatic carbocycles. The first-order valence-electron chi connectivity index (χ1n) is 7.96. The van der Waals surface area contributed by atoms with Crippen molar-refractivity contribution in [1.82, 2.24) is 10.2 Å². The summed E-state index contributed by atoms with van der Waals surface area (Å²) in [6.45, 7) is 4.16. The maximum absolute atomic E-state index is 14.2. The van der Waals surface area contributed by atoms with Gasteiger partial charge in [0.05, 0.1) is 12.3 Å². The Morgan fingerprint density at radius 2 is 2.19 bits per heavy atom. The molecule has 0 unspecified atom stereocenters. The van der Waals surface area contributed by atoms with Crippen molar-refractivity contribution in [3.05, 3.63) is 57.9 Å². The lowest BCUT2D eigenvalue weighted by atomic mass is 10.2. The first-order valence-corrected chi connectivity index (χ1v) is 9.04. The summed E-state index contributed by atoms with van der Waals surface area (Å²) in [5.41, 5.74) is 3.34. The zero-order valence-corrected chi connectivity index (χ0v) is 16.4. The number of fused-ring (bicyclic) bond motifs is 1. The highest BCUT2D eigenvalue weighted by atomic mass is 127. The predicted octanol–water partition coefficient (Wildman–Crippen LogP) is 4.63. The zero-order chi connectivity index (χ0) is 18.7. The van der Waals surface area contributed by atoms with E-state index in [1.54, 1.807) is 36.7 Å². The number of hydroxylamine groups is 1. The number of benzene rings is 1. The second kappa shape index (κ2) is 8.00. The summed E-state index contributed by atoms with van der Waals surface area (Å²) in [5.74, 6) is -0.819. The highest BCUT2D eigenvalue weighted by Gasteiger charge is 2.23. The number of hydrogen-bond donors (Lipinski definition) is 1. The fourth-order valence-electron chi connectivity index (χ4n) is 2.14. The summed E-state index contributed by atoms with van der Waals surface area (Å²) >= 11 is 2.01. The van der Waals surface area contributed by atoms with Crippen LogP contribution in [0.15, 0.2) is 47.1 Å². The number of halogens is 2. The molecule has 0 aliphatic carbocycles. The molecule has 0 aliphatic heterocycles. The number of hydrazine groups is 1. The number of amides is 1. The van der Waals surface area contributed by atoms with E-state index in [0.717, 1.165) is 8.74 Å². The molecular weight excluding hydrogens is 452 g/mol. The summed E-state index contributed by atoms with van der Waals surface area (Å²) in [5, 5.41) is 1.59. The molecule has 26 heavy (non-hydrogen) atoms. The summed E-state index contributed by atoms with van der Waals surface area (Å²) in [6, 6.07) is 7.86. The van der Waals surface area contributed by atoms with Crippen molar-refractivity contribution < 1.29 is 18.4 Å². The Hall–Kier alpha value is -2.20. The van der Waals surface area contributed by atoms with E-state index < -0.39 is 11.7 Å². The van der Waals surface area contributed by atoms with Gasteiger partial charge in [0.15, 0.2) is 5.76 Å². The van der Waals surface area contributed by atoms with Gasteiger partial charge < -0.3 is 4.42 Å². The number of rotatable bonds is 6. The zero-order valence-electron chi connectivity index (χ0n) is 14.2. The number of hydrogen-bond acceptors (Lipinski definition) is 5. The van der Waals surface area contributed by atoms with Gasteiger partial charge in [-0.3, -0.25) is 20.0 Å². The molecule has 2 heterocycles. The van der Waals surface area contributed by atoms with Gasteiger partial charge >= 0.3 is 5.91 Å². The Morgan fingerprint density at radius 1 is 1.38 bits per heavy atom. The summed E-state index contributed by atoms with van der Waals surface area (Å²) < 4.78 is 20.5. The van der Waals surface area contributed by atoms with Crippen molar-refractivity contribution in [2.75, 3.05) is 12.0 Å². The van der Waals surface area contributed by atoms with E-state index in [-0.39, 0.29) is 24.0 Å². The van der Waals surface area contributed by atoms with Crippen LogP contribution in [0.25, 0.3) is 11.0 Å². The number of carbonyl (C=O) groups is 1. The predicted molar refractivity (Wildman–Crippen MR) is 104 cm³/mol. The monoisotopic (exact) mass is 469 g/mol. The second-order valence-corrected chi connectivity index (χ2v) is 7.29. The summed E-state index contributed by atoms with van der Waals surface area (Å²) in [4.78, 5) is 22.3. The molecule has 0 spiro atoms. The quantitative estimate of drug-likeness (QED) is 0.422. The van der Waals surface area contributed by atoms with Gasteiger partial charge in [-0.05, 0) is 58.8 Å². The standard InChI is InChI=1S/C18H17FIN3O3/c1-11(2)10-25-23(22-15-4-3-13(20)8-14(15)19)18(24)17-7-12-9-21-6-5-16(12)26-17/h3-9,11,22H,10H2,1-2H3. The van der Waals surface area contributed by atoms with Crippen LogP contribution in [0.2, 0.25) is 0 Å². The molecule has 1 amide bonds. The molecule has 1 N–H and O–H groups in total. The van der Waals surface area contributed by atoms with Crippen LogP contribution in [0.3, 0.4) is 0 Å². The molecule has 0 saturated heterocycles. The average Bonchev–Trinajstić information content (AvgIpc) is 3.03. The van der Waals surface area contributed by atoms with E-state index in [9.17, 15) is 9.18 Å². The lowest BCUT2D eigenvalue weighted by molar-refractivity contribution is -0.116.